The number of nitrogens with one attached hydrogen (secondary N) is 1. The number of carbonyl (C=O) groups is 2. The Bertz CT molecular complexity index is 572. The SMILES string of the molecule is Cc1ccccc1CC(=O)N[C@H]1CC(=O)N(CC(F)(F)F)C1. The summed E-state index contributed by atoms with van der Waals surface area (Å²) in [6.45, 7) is 0.515. The van der Waals surface area contributed by atoms with Gasteiger partial charge in [-0.15, -0.1) is 0 Å². The lowest BCUT2D eigenvalue weighted by molar-refractivity contribution is -0.157. The lowest BCUT2D eigenvalue weighted by atomic mass is 10.1. The molecule has 1 aromatic rings. The molecule has 1 aliphatic rings. The van der Waals surface area contributed by atoms with E-state index >= 15 is 0 Å². The molecule has 0 bridgehead atoms. The number of likely N-dealkylation sites (tertiary alicyclic amines) is 1. The summed E-state index contributed by atoms with van der Waals surface area (Å²) >= 11 is 0. The first-order valence-corrected chi connectivity index (χ1v) is 6.93. The lowest BCUT2D eigenvalue weighted by Crippen LogP contribution is -2.40. The van der Waals surface area contributed by atoms with E-state index in [9.17, 15) is 22.8 Å². The van der Waals surface area contributed by atoms with Crippen LogP contribution in [0.1, 0.15) is 17.5 Å². The van der Waals surface area contributed by atoms with Gasteiger partial charge in [0.25, 0.3) is 0 Å². The van der Waals surface area contributed by atoms with Crippen LogP contribution in [0.15, 0.2) is 24.3 Å². The second-order valence-electron chi connectivity index (χ2n) is 5.46. The average Bonchev–Trinajstić information content (AvgIpc) is 2.70. The van der Waals surface area contributed by atoms with Gasteiger partial charge in [-0.1, -0.05) is 24.3 Å². The molecule has 4 nitrogen and oxygen atoms in total. The molecule has 120 valence electrons. The van der Waals surface area contributed by atoms with E-state index in [2.05, 4.69) is 5.32 Å². The van der Waals surface area contributed by atoms with Crippen LogP contribution in [-0.2, 0) is 16.0 Å². The first-order chi connectivity index (χ1) is 10.2. The molecule has 0 aliphatic carbocycles. The first kappa shape index (κ1) is 16.3. The lowest BCUT2D eigenvalue weighted by Gasteiger charge is -2.18. The minimum absolute atomic E-state index is 0.0877. The molecule has 0 unspecified atom stereocenters. The number of hydrogen-bond acceptors (Lipinski definition) is 2. The Hall–Kier alpha value is -2.05. The Balaban J connectivity index is 1.88. The fourth-order valence-electron chi connectivity index (χ4n) is 2.50. The van der Waals surface area contributed by atoms with Crippen LogP contribution in [-0.4, -0.2) is 42.0 Å². The summed E-state index contributed by atoms with van der Waals surface area (Å²) in [6.07, 6.45) is -4.36. The van der Waals surface area contributed by atoms with Gasteiger partial charge in [0.05, 0.1) is 12.5 Å². The summed E-state index contributed by atoms with van der Waals surface area (Å²) in [5, 5.41) is 2.63. The molecule has 1 saturated heterocycles. The third kappa shape index (κ3) is 4.47. The van der Waals surface area contributed by atoms with Gasteiger partial charge in [-0.05, 0) is 18.1 Å². The van der Waals surface area contributed by atoms with E-state index in [-0.39, 0.29) is 25.3 Å². The molecule has 2 amide bonds. The highest BCUT2D eigenvalue weighted by Crippen LogP contribution is 2.21. The molecule has 22 heavy (non-hydrogen) atoms. The highest BCUT2D eigenvalue weighted by molar-refractivity contribution is 5.83. The van der Waals surface area contributed by atoms with Crippen LogP contribution in [0.5, 0.6) is 0 Å². The summed E-state index contributed by atoms with van der Waals surface area (Å²) in [7, 11) is 0. The number of nitrogens with zero attached hydrogens (tertiary/aromatic N) is 1. The highest BCUT2D eigenvalue weighted by atomic mass is 19.4. The van der Waals surface area contributed by atoms with Gasteiger partial charge >= 0.3 is 6.18 Å². The van der Waals surface area contributed by atoms with Crippen LogP contribution in [0.3, 0.4) is 0 Å². The van der Waals surface area contributed by atoms with Crippen LogP contribution in [0.25, 0.3) is 0 Å². The van der Waals surface area contributed by atoms with Gasteiger partial charge in [-0.25, -0.2) is 0 Å². The number of carbonyl (C=O) groups excluding carboxylic acids is 2. The molecule has 1 atom stereocenters. The van der Waals surface area contributed by atoms with Crippen LogP contribution in [0, 0.1) is 6.92 Å². The number of rotatable bonds is 4. The number of halogens is 3. The fourth-order valence-corrected chi connectivity index (χ4v) is 2.50. The third-order valence-electron chi connectivity index (χ3n) is 3.56. The standard InChI is InChI=1S/C15H17F3N2O2/c1-10-4-2-3-5-11(10)6-13(21)19-12-7-14(22)20(8-12)9-15(16,17)18/h2-5,12H,6-9H2,1H3,(H,19,21)/t12-/m0/s1. The topological polar surface area (TPSA) is 49.4 Å². The van der Waals surface area contributed by atoms with Crippen LogP contribution < -0.4 is 5.32 Å². The van der Waals surface area contributed by atoms with E-state index in [1.807, 2.05) is 31.2 Å². The molecule has 7 heteroatoms. The molecule has 1 N–H and O–H groups in total. The minimum atomic E-state index is -4.42. The second-order valence-corrected chi connectivity index (χ2v) is 5.46. The van der Waals surface area contributed by atoms with Crippen molar-refractivity contribution in [3.63, 3.8) is 0 Å². The summed E-state index contributed by atoms with van der Waals surface area (Å²) in [6, 6.07) is 6.82. The van der Waals surface area contributed by atoms with Crippen LogP contribution in [0.4, 0.5) is 13.2 Å². The molecule has 1 heterocycles. The van der Waals surface area contributed by atoms with Gasteiger partial charge in [0.15, 0.2) is 0 Å². The van der Waals surface area contributed by atoms with Crippen molar-refractivity contribution in [3.8, 4) is 0 Å². The predicted octanol–water partition coefficient (Wildman–Crippen LogP) is 1.82. The first-order valence-electron chi connectivity index (χ1n) is 6.93. The van der Waals surface area contributed by atoms with E-state index in [1.54, 1.807) is 0 Å². The molecular formula is C15H17F3N2O2. The largest absolute Gasteiger partial charge is 0.406 e. The normalized spacial score (nSPS) is 18.6. The minimum Gasteiger partial charge on any atom is -0.351 e. The zero-order chi connectivity index (χ0) is 16.3. The Labute approximate surface area is 126 Å². The van der Waals surface area contributed by atoms with Gasteiger partial charge in [-0.2, -0.15) is 13.2 Å². The second kappa shape index (κ2) is 6.37. The van der Waals surface area contributed by atoms with Gasteiger partial charge < -0.3 is 10.2 Å². The zero-order valence-corrected chi connectivity index (χ0v) is 12.1. The number of hydrogen-bond donors (Lipinski definition) is 1. The number of aryl methyl sites for hydroxylation is 1. The summed E-state index contributed by atoms with van der Waals surface area (Å²) in [5.41, 5.74) is 1.83. The zero-order valence-electron chi connectivity index (χ0n) is 12.1. The average molecular weight is 314 g/mol. The molecule has 1 aromatic carbocycles. The van der Waals surface area contributed by atoms with Crippen molar-refractivity contribution in [1.82, 2.24) is 10.2 Å². The third-order valence-corrected chi connectivity index (χ3v) is 3.56. The van der Waals surface area contributed by atoms with E-state index in [0.717, 1.165) is 16.0 Å². The number of alkyl halides is 3. The quantitative estimate of drug-likeness (QED) is 0.921. The number of benzene rings is 1. The van der Waals surface area contributed by atoms with E-state index in [4.69, 9.17) is 0 Å². The molecule has 0 saturated carbocycles. The van der Waals surface area contributed by atoms with E-state index in [1.165, 1.54) is 0 Å². The summed E-state index contributed by atoms with van der Waals surface area (Å²) in [4.78, 5) is 24.2. The van der Waals surface area contributed by atoms with Crippen molar-refractivity contribution in [1.29, 1.82) is 0 Å². The van der Waals surface area contributed by atoms with Crippen molar-refractivity contribution in [2.24, 2.45) is 0 Å². The molecule has 1 aliphatic heterocycles. The Morgan fingerprint density at radius 3 is 2.68 bits per heavy atom. The van der Waals surface area contributed by atoms with Gasteiger partial charge in [-0.3, -0.25) is 9.59 Å². The monoisotopic (exact) mass is 314 g/mol. The van der Waals surface area contributed by atoms with Crippen molar-refractivity contribution >= 4 is 11.8 Å². The maximum absolute atomic E-state index is 12.3. The molecule has 0 radical (unpaired) electrons. The van der Waals surface area contributed by atoms with E-state index < -0.39 is 24.7 Å². The van der Waals surface area contributed by atoms with Crippen LogP contribution >= 0.6 is 0 Å². The smallest absolute Gasteiger partial charge is 0.351 e. The Kier molecular flexibility index (Phi) is 4.73. The summed E-state index contributed by atoms with van der Waals surface area (Å²) in [5.74, 6) is -0.875. The molecule has 0 spiro atoms. The maximum atomic E-state index is 12.3. The molecule has 2 rings (SSSR count). The number of amides is 2. The molecule has 0 aromatic heterocycles. The van der Waals surface area contributed by atoms with E-state index in [0.29, 0.717) is 0 Å². The summed E-state index contributed by atoms with van der Waals surface area (Å²) < 4.78 is 37.0. The van der Waals surface area contributed by atoms with Gasteiger partial charge in [0.1, 0.15) is 6.54 Å². The van der Waals surface area contributed by atoms with Crippen molar-refractivity contribution in [3.05, 3.63) is 35.4 Å². The Morgan fingerprint density at radius 1 is 1.36 bits per heavy atom. The molecular weight excluding hydrogens is 297 g/mol. The fraction of sp³-hybridized carbons (Fsp3) is 0.467. The molecule has 1 fully saturated rings. The van der Waals surface area contributed by atoms with Gasteiger partial charge in [0.2, 0.25) is 11.8 Å². The Morgan fingerprint density at radius 2 is 2.05 bits per heavy atom. The highest BCUT2D eigenvalue weighted by Gasteiger charge is 2.38. The van der Waals surface area contributed by atoms with Gasteiger partial charge in [0, 0.05) is 13.0 Å². The van der Waals surface area contributed by atoms with Crippen LogP contribution in [0.2, 0.25) is 0 Å². The predicted molar refractivity (Wildman–Crippen MR) is 74.1 cm³/mol. The maximum Gasteiger partial charge on any atom is 0.406 e. The van der Waals surface area contributed by atoms with Crippen molar-refractivity contribution in [2.75, 3.05) is 13.1 Å². The van der Waals surface area contributed by atoms with Crippen molar-refractivity contribution in [2.45, 2.75) is 32.0 Å². The van der Waals surface area contributed by atoms with Crippen molar-refractivity contribution < 1.29 is 22.8 Å².